The van der Waals surface area contributed by atoms with Crippen molar-refractivity contribution >= 4 is 40.6 Å². The van der Waals surface area contributed by atoms with Gasteiger partial charge in [-0.3, -0.25) is 9.59 Å². The molecule has 6 nitrogen and oxygen atoms in total. The van der Waals surface area contributed by atoms with E-state index in [1.807, 2.05) is 0 Å². The molecule has 0 aliphatic heterocycles. The third kappa shape index (κ3) is 2.60. The van der Waals surface area contributed by atoms with Crippen LogP contribution in [0.25, 0.3) is 11.0 Å². The molecule has 1 fully saturated rings. The fraction of sp³-hybridized carbons (Fsp3) is 0.412. The number of carbonyl (C=O) groups excluding carboxylic acids is 2. The molecular weight excluding hydrogens is 330 g/mol. The fourth-order valence-corrected chi connectivity index (χ4v) is 4.01. The number of fused-ring (bicyclic) bond motifs is 1. The summed E-state index contributed by atoms with van der Waals surface area (Å²) in [7, 11) is 1.77. The van der Waals surface area contributed by atoms with Crippen molar-refractivity contribution in [1.82, 2.24) is 5.32 Å². The van der Waals surface area contributed by atoms with Crippen LogP contribution in [0.5, 0.6) is 0 Å². The molecule has 128 valence electrons. The molecule has 0 bridgehead atoms. The van der Waals surface area contributed by atoms with Crippen molar-refractivity contribution in [3.05, 3.63) is 28.5 Å². The van der Waals surface area contributed by atoms with Crippen molar-refractivity contribution in [3.63, 3.8) is 0 Å². The van der Waals surface area contributed by atoms with Crippen LogP contribution in [0, 0.1) is 0 Å². The minimum absolute atomic E-state index is 0.0765. The molecule has 1 aromatic heterocycles. The first kappa shape index (κ1) is 16.6. The fourth-order valence-electron chi connectivity index (χ4n) is 3.71. The molecule has 1 aliphatic carbocycles. The van der Waals surface area contributed by atoms with Crippen molar-refractivity contribution in [2.24, 2.45) is 5.73 Å². The lowest BCUT2D eigenvalue weighted by molar-refractivity contribution is -0.111. The van der Waals surface area contributed by atoms with Crippen LogP contribution in [-0.2, 0) is 10.3 Å². The van der Waals surface area contributed by atoms with E-state index in [2.05, 4.69) is 10.6 Å². The van der Waals surface area contributed by atoms with Gasteiger partial charge in [0.15, 0.2) is 5.76 Å². The predicted octanol–water partition coefficient (Wildman–Crippen LogP) is 3.13. The number of hydrogen-bond donors (Lipinski definition) is 3. The minimum Gasteiger partial charge on any atom is -0.450 e. The number of nitrogens with one attached hydrogen (secondary N) is 2. The predicted molar refractivity (Wildman–Crippen MR) is 93.3 cm³/mol. The van der Waals surface area contributed by atoms with Crippen LogP contribution in [-0.4, -0.2) is 19.4 Å². The summed E-state index contributed by atoms with van der Waals surface area (Å²) in [4.78, 5) is 22.8. The summed E-state index contributed by atoms with van der Waals surface area (Å²) in [6, 6.07) is 3.32. The van der Waals surface area contributed by atoms with Gasteiger partial charge in [-0.1, -0.05) is 30.9 Å². The number of primary amides is 1. The molecule has 7 heteroatoms. The van der Waals surface area contributed by atoms with Crippen LogP contribution in [0.2, 0.25) is 5.02 Å². The van der Waals surface area contributed by atoms with Gasteiger partial charge < -0.3 is 20.8 Å². The minimum atomic E-state index is -0.639. The van der Waals surface area contributed by atoms with E-state index in [1.54, 1.807) is 19.2 Å². The van der Waals surface area contributed by atoms with Gasteiger partial charge in [0.25, 0.3) is 5.91 Å². The van der Waals surface area contributed by atoms with Crippen LogP contribution in [0.1, 0.15) is 48.2 Å². The first-order valence-corrected chi connectivity index (χ1v) is 8.35. The Hall–Kier alpha value is -2.21. The standard InChI is InChI=1S/C17H20ClN3O3/c1-20-14-11(18)7-10-8-12(16(19)23)24-15(10)13(14)17(21-9-22)5-3-2-4-6-17/h7-9,20H,2-6H2,1H3,(H2,19,23)(H,21,22). The summed E-state index contributed by atoms with van der Waals surface area (Å²) in [5.41, 5.74) is 6.80. The summed E-state index contributed by atoms with van der Waals surface area (Å²) >= 11 is 6.44. The molecule has 2 amide bonds. The van der Waals surface area contributed by atoms with Crippen molar-refractivity contribution in [3.8, 4) is 0 Å². The maximum Gasteiger partial charge on any atom is 0.284 e. The van der Waals surface area contributed by atoms with Crippen LogP contribution >= 0.6 is 11.6 Å². The van der Waals surface area contributed by atoms with Crippen molar-refractivity contribution < 1.29 is 14.0 Å². The van der Waals surface area contributed by atoms with E-state index in [4.69, 9.17) is 21.8 Å². The molecule has 1 aliphatic rings. The Morgan fingerprint density at radius 2 is 2.04 bits per heavy atom. The quantitative estimate of drug-likeness (QED) is 0.722. The van der Waals surface area contributed by atoms with Gasteiger partial charge in [-0.25, -0.2) is 0 Å². The summed E-state index contributed by atoms with van der Waals surface area (Å²) in [5, 5.41) is 7.31. The number of carbonyl (C=O) groups is 2. The Kier molecular flexibility index (Phi) is 4.41. The Morgan fingerprint density at radius 3 is 2.62 bits per heavy atom. The molecule has 0 atom stereocenters. The highest BCUT2D eigenvalue weighted by Crippen LogP contribution is 2.46. The zero-order chi connectivity index (χ0) is 17.3. The lowest BCUT2D eigenvalue weighted by Gasteiger charge is -2.38. The molecule has 1 aromatic carbocycles. The van der Waals surface area contributed by atoms with Crippen molar-refractivity contribution in [1.29, 1.82) is 0 Å². The second-order valence-corrected chi connectivity index (χ2v) is 6.56. The normalized spacial score (nSPS) is 16.8. The Morgan fingerprint density at radius 1 is 1.33 bits per heavy atom. The zero-order valence-electron chi connectivity index (χ0n) is 13.4. The maximum absolute atomic E-state index is 11.5. The Bertz CT molecular complexity index is 794. The topological polar surface area (TPSA) is 97.4 Å². The number of anilines is 1. The molecule has 0 saturated heterocycles. The molecule has 0 unspecified atom stereocenters. The van der Waals surface area contributed by atoms with E-state index in [-0.39, 0.29) is 5.76 Å². The highest BCUT2D eigenvalue weighted by Gasteiger charge is 2.39. The molecule has 0 radical (unpaired) electrons. The van der Waals surface area contributed by atoms with E-state index >= 15 is 0 Å². The molecular formula is C17H20ClN3O3. The van der Waals surface area contributed by atoms with Crippen LogP contribution < -0.4 is 16.4 Å². The van der Waals surface area contributed by atoms with E-state index in [1.165, 1.54) is 0 Å². The monoisotopic (exact) mass is 349 g/mol. The summed E-state index contributed by atoms with van der Waals surface area (Å²) < 4.78 is 5.75. The number of amides is 2. The summed E-state index contributed by atoms with van der Waals surface area (Å²) in [6.45, 7) is 0. The van der Waals surface area contributed by atoms with E-state index in [0.717, 1.165) is 44.1 Å². The van der Waals surface area contributed by atoms with Gasteiger partial charge in [0.2, 0.25) is 6.41 Å². The summed E-state index contributed by atoms with van der Waals surface area (Å²) in [6.07, 6.45) is 5.37. The molecule has 24 heavy (non-hydrogen) atoms. The third-order valence-corrected chi connectivity index (χ3v) is 5.07. The highest BCUT2D eigenvalue weighted by atomic mass is 35.5. The van der Waals surface area contributed by atoms with Gasteiger partial charge in [-0.05, 0) is 25.0 Å². The lowest BCUT2D eigenvalue weighted by Crippen LogP contribution is -2.43. The largest absolute Gasteiger partial charge is 0.450 e. The third-order valence-electron chi connectivity index (χ3n) is 4.77. The zero-order valence-corrected chi connectivity index (χ0v) is 14.2. The van der Waals surface area contributed by atoms with Gasteiger partial charge in [0.05, 0.1) is 16.2 Å². The number of furan rings is 1. The molecule has 0 spiro atoms. The van der Waals surface area contributed by atoms with Crippen LogP contribution in [0.3, 0.4) is 0 Å². The van der Waals surface area contributed by atoms with E-state index in [9.17, 15) is 9.59 Å². The number of benzene rings is 1. The SMILES string of the molecule is CNc1c(Cl)cc2cc(C(N)=O)oc2c1C1(NC=O)CCCCC1. The average Bonchev–Trinajstić information content (AvgIpc) is 2.98. The number of rotatable bonds is 5. The Labute approximate surface area is 144 Å². The lowest BCUT2D eigenvalue weighted by atomic mass is 9.75. The van der Waals surface area contributed by atoms with E-state index in [0.29, 0.717) is 21.7 Å². The second kappa shape index (κ2) is 6.36. The van der Waals surface area contributed by atoms with Gasteiger partial charge in [-0.15, -0.1) is 0 Å². The molecule has 4 N–H and O–H groups in total. The van der Waals surface area contributed by atoms with Gasteiger partial charge >= 0.3 is 0 Å². The summed E-state index contributed by atoms with van der Waals surface area (Å²) in [5.74, 6) is -0.562. The van der Waals surface area contributed by atoms with Crippen molar-refractivity contribution in [2.45, 2.75) is 37.6 Å². The highest BCUT2D eigenvalue weighted by molar-refractivity contribution is 6.34. The van der Waals surface area contributed by atoms with E-state index < -0.39 is 11.4 Å². The number of hydrogen-bond acceptors (Lipinski definition) is 4. The number of halogens is 1. The van der Waals surface area contributed by atoms with Crippen LogP contribution in [0.4, 0.5) is 5.69 Å². The first-order chi connectivity index (χ1) is 11.5. The molecule has 3 rings (SSSR count). The average molecular weight is 350 g/mol. The number of nitrogens with two attached hydrogens (primary N) is 1. The first-order valence-electron chi connectivity index (χ1n) is 7.98. The van der Waals surface area contributed by atoms with Gasteiger partial charge in [0.1, 0.15) is 5.58 Å². The van der Waals surface area contributed by atoms with Gasteiger partial charge in [0, 0.05) is 18.0 Å². The van der Waals surface area contributed by atoms with Crippen LogP contribution in [0.15, 0.2) is 16.5 Å². The molecule has 1 saturated carbocycles. The second-order valence-electron chi connectivity index (χ2n) is 6.16. The smallest absolute Gasteiger partial charge is 0.284 e. The van der Waals surface area contributed by atoms with Gasteiger partial charge in [-0.2, -0.15) is 0 Å². The molecule has 2 aromatic rings. The van der Waals surface area contributed by atoms with Crippen molar-refractivity contribution in [2.75, 3.05) is 12.4 Å². The maximum atomic E-state index is 11.5. The Balaban J connectivity index is 2.33. The molecule has 1 heterocycles.